The van der Waals surface area contributed by atoms with Crippen molar-refractivity contribution in [2.45, 2.75) is 19.4 Å². The van der Waals surface area contributed by atoms with Crippen LogP contribution in [0.25, 0.3) is 11.3 Å². The first kappa shape index (κ1) is 10.5. The maximum absolute atomic E-state index is 6.09. The summed E-state index contributed by atoms with van der Waals surface area (Å²) in [6.45, 7) is 2.02. The van der Waals surface area contributed by atoms with Gasteiger partial charge in [-0.1, -0.05) is 16.8 Å². The minimum atomic E-state index is 0.159. The highest BCUT2D eigenvalue weighted by Crippen LogP contribution is 2.40. The van der Waals surface area contributed by atoms with Gasteiger partial charge in [0.1, 0.15) is 17.5 Å². The van der Waals surface area contributed by atoms with Gasteiger partial charge in [0.2, 0.25) is 5.88 Å². The van der Waals surface area contributed by atoms with Gasteiger partial charge in [-0.3, -0.25) is 0 Å². The number of hydrogen-bond acceptors (Lipinski definition) is 4. The lowest BCUT2D eigenvalue weighted by atomic mass is 10.0. The van der Waals surface area contributed by atoms with Gasteiger partial charge in [-0.25, -0.2) is 0 Å². The fraction of sp³-hybridized carbons (Fsp3) is 0.250. The molecule has 3 rings (SSSR count). The molecule has 1 aliphatic heterocycles. The van der Waals surface area contributed by atoms with Crippen molar-refractivity contribution >= 4 is 17.5 Å². The summed E-state index contributed by atoms with van der Waals surface area (Å²) in [6.07, 6.45) is 1.02. The molecule has 0 bridgehead atoms. The largest absolute Gasteiger partial charge is 0.489 e. The fourth-order valence-electron chi connectivity index (χ4n) is 2.10. The maximum atomic E-state index is 6.09. The van der Waals surface area contributed by atoms with Gasteiger partial charge in [-0.15, -0.1) is 0 Å². The third kappa shape index (κ3) is 1.74. The van der Waals surface area contributed by atoms with Gasteiger partial charge in [0.25, 0.3) is 0 Å². The summed E-state index contributed by atoms with van der Waals surface area (Å²) >= 11 is 6.09. The van der Waals surface area contributed by atoms with Gasteiger partial charge in [0.05, 0.1) is 0 Å². The summed E-state index contributed by atoms with van der Waals surface area (Å²) < 4.78 is 10.6. The van der Waals surface area contributed by atoms with Gasteiger partial charge >= 0.3 is 0 Å². The Kier molecular flexibility index (Phi) is 2.26. The molecule has 1 atom stereocenters. The Morgan fingerprint density at radius 2 is 2.24 bits per heavy atom. The van der Waals surface area contributed by atoms with Gasteiger partial charge in [0, 0.05) is 23.1 Å². The Morgan fingerprint density at radius 3 is 2.94 bits per heavy atom. The molecular weight excluding hydrogens is 240 g/mol. The van der Waals surface area contributed by atoms with Crippen LogP contribution in [0.1, 0.15) is 12.5 Å². The third-order valence-corrected chi connectivity index (χ3v) is 2.98. The van der Waals surface area contributed by atoms with E-state index in [1.807, 2.05) is 19.1 Å². The second kappa shape index (κ2) is 3.67. The number of aromatic nitrogens is 1. The van der Waals surface area contributed by atoms with Crippen molar-refractivity contribution in [3.8, 4) is 17.0 Å². The van der Waals surface area contributed by atoms with Crippen LogP contribution >= 0.6 is 11.6 Å². The summed E-state index contributed by atoms with van der Waals surface area (Å²) in [5.74, 6) is 1.11. The van der Waals surface area contributed by atoms with Crippen LogP contribution in [0.15, 0.2) is 22.7 Å². The Labute approximate surface area is 103 Å². The van der Waals surface area contributed by atoms with Crippen LogP contribution in [-0.2, 0) is 6.42 Å². The first-order valence-corrected chi connectivity index (χ1v) is 5.73. The summed E-state index contributed by atoms with van der Waals surface area (Å²) in [5.41, 5.74) is 8.10. The van der Waals surface area contributed by atoms with Crippen molar-refractivity contribution in [1.29, 1.82) is 0 Å². The molecule has 0 aliphatic carbocycles. The van der Waals surface area contributed by atoms with E-state index in [0.29, 0.717) is 10.7 Å². The molecule has 0 saturated carbocycles. The summed E-state index contributed by atoms with van der Waals surface area (Å²) in [7, 11) is 0. The molecule has 1 aliphatic rings. The predicted octanol–water partition coefficient (Wildman–Crippen LogP) is 2.90. The fourth-order valence-corrected chi connectivity index (χ4v) is 2.34. The number of halogens is 1. The van der Waals surface area contributed by atoms with E-state index in [0.717, 1.165) is 23.3 Å². The molecule has 1 unspecified atom stereocenters. The van der Waals surface area contributed by atoms with E-state index in [-0.39, 0.29) is 12.0 Å². The van der Waals surface area contributed by atoms with Gasteiger partial charge < -0.3 is 15.0 Å². The molecule has 2 heterocycles. The molecule has 0 radical (unpaired) electrons. The quantitative estimate of drug-likeness (QED) is 0.845. The molecular formula is C12H11ClN2O2. The van der Waals surface area contributed by atoms with E-state index in [1.54, 1.807) is 6.07 Å². The van der Waals surface area contributed by atoms with Crippen molar-refractivity contribution in [1.82, 2.24) is 5.16 Å². The molecule has 2 aromatic rings. The number of nitrogens with zero attached hydrogens (tertiary/aromatic N) is 1. The molecule has 0 saturated heterocycles. The summed E-state index contributed by atoms with van der Waals surface area (Å²) in [4.78, 5) is 0. The number of benzene rings is 1. The Hall–Kier alpha value is -1.68. The SMILES string of the molecule is CC1Cc2cc(Cl)cc(-c3cc(N)on3)c2O1. The second-order valence-corrected chi connectivity index (χ2v) is 4.63. The monoisotopic (exact) mass is 250 g/mol. The van der Waals surface area contributed by atoms with E-state index < -0.39 is 0 Å². The normalized spacial score (nSPS) is 17.9. The van der Waals surface area contributed by atoms with Crippen molar-refractivity contribution in [3.63, 3.8) is 0 Å². The van der Waals surface area contributed by atoms with Crippen LogP contribution in [-0.4, -0.2) is 11.3 Å². The van der Waals surface area contributed by atoms with Crippen molar-refractivity contribution in [2.75, 3.05) is 5.73 Å². The molecule has 4 nitrogen and oxygen atoms in total. The van der Waals surface area contributed by atoms with Crippen molar-refractivity contribution in [2.24, 2.45) is 0 Å². The smallest absolute Gasteiger partial charge is 0.222 e. The molecule has 5 heteroatoms. The molecule has 0 spiro atoms. The topological polar surface area (TPSA) is 61.3 Å². The standard InChI is InChI=1S/C12H11ClN2O2/c1-6-2-7-3-8(13)4-9(12(7)16-6)10-5-11(14)17-15-10/h3-6H,2,14H2,1H3. The first-order chi connectivity index (χ1) is 8.13. The first-order valence-electron chi connectivity index (χ1n) is 5.35. The number of nitrogen functional groups attached to an aromatic ring is 1. The lowest BCUT2D eigenvalue weighted by Gasteiger charge is -2.07. The highest BCUT2D eigenvalue weighted by atomic mass is 35.5. The zero-order valence-corrected chi connectivity index (χ0v) is 9.99. The van der Waals surface area contributed by atoms with E-state index in [9.17, 15) is 0 Å². The van der Waals surface area contributed by atoms with Crippen LogP contribution in [0.2, 0.25) is 5.02 Å². The highest BCUT2D eigenvalue weighted by Gasteiger charge is 2.24. The molecule has 17 heavy (non-hydrogen) atoms. The number of rotatable bonds is 1. The number of hydrogen-bond donors (Lipinski definition) is 1. The zero-order chi connectivity index (χ0) is 12.0. The lowest BCUT2D eigenvalue weighted by Crippen LogP contribution is -2.05. The van der Waals surface area contributed by atoms with Gasteiger partial charge in [-0.05, 0) is 24.6 Å². The third-order valence-electron chi connectivity index (χ3n) is 2.76. The predicted molar refractivity (Wildman–Crippen MR) is 65.2 cm³/mol. The Morgan fingerprint density at radius 1 is 1.41 bits per heavy atom. The average molecular weight is 251 g/mol. The second-order valence-electron chi connectivity index (χ2n) is 4.19. The number of ether oxygens (including phenoxy) is 1. The Balaban J connectivity index is 2.17. The Bertz CT molecular complexity index is 580. The number of anilines is 1. The van der Waals surface area contributed by atoms with Crippen LogP contribution in [0, 0.1) is 0 Å². The number of nitrogens with two attached hydrogens (primary N) is 1. The average Bonchev–Trinajstić information content (AvgIpc) is 2.82. The highest BCUT2D eigenvalue weighted by molar-refractivity contribution is 6.31. The minimum Gasteiger partial charge on any atom is -0.489 e. The minimum absolute atomic E-state index is 0.159. The number of fused-ring (bicyclic) bond motifs is 1. The van der Waals surface area contributed by atoms with Crippen LogP contribution < -0.4 is 10.5 Å². The van der Waals surface area contributed by atoms with Crippen molar-refractivity contribution in [3.05, 3.63) is 28.8 Å². The molecule has 0 amide bonds. The lowest BCUT2D eigenvalue weighted by molar-refractivity contribution is 0.255. The van der Waals surface area contributed by atoms with Gasteiger partial charge in [-0.2, -0.15) is 0 Å². The molecule has 1 aromatic heterocycles. The van der Waals surface area contributed by atoms with Crippen LogP contribution in [0.4, 0.5) is 5.88 Å². The van der Waals surface area contributed by atoms with Crippen LogP contribution in [0.3, 0.4) is 0 Å². The molecule has 2 N–H and O–H groups in total. The van der Waals surface area contributed by atoms with Crippen LogP contribution in [0.5, 0.6) is 5.75 Å². The van der Waals surface area contributed by atoms with Crippen molar-refractivity contribution < 1.29 is 9.26 Å². The van der Waals surface area contributed by atoms with E-state index >= 15 is 0 Å². The maximum Gasteiger partial charge on any atom is 0.222 e. The van der Waals surface area contributed by atoms with E-state index in [1.165, 1.54) is 0 Å². The molecule has 1 aromatic carbocycles. The van der Waals surface area contributed by atoms with E-state index in [4.69, 9.17) is 26.6 Å². The summed E-state index contributed by atoms with van der Waals surface area (Å²) in [5, 5.41) is 4.56. The molecule has 88 valence electrons. The zero-order valence-electron chi connectivity index (χ0n) is 9.24. The van der Waals surface area contributed by atoms with Gasteiger partial charge in [0.15, 0.2) is 0 Å². The van der Waals surface area contributed by atoms with E-state index in [2.05, 4.69) is 5.16 Å². The molecule has 0 fully saturated rings. The summed E-state index contributed by atoms with van der Waals surface area (Å²) in [6, 6.07) is 5.40.